The molecule has 0 saturated carbocycles. The average molecular weight is 317 g/mol. The van der Waals surface area contributed by atoms with Crippen molar-refractivity contribution in [1.29, 1.82) is 0 Å². The second-order valence-electron chi connectivity index (χ2n) is 6.26. The predicted molar refractivity (Wildman–Crippen MR) is 78.1 cm³/mol. The van der Waals surface area contributed by atoms with E-state index in [1.54, 1.807) is 12.1 Å². The molecule has 0 radical (unpaired) electrons. The summed E-state index contributed by atoms with van der Waals surface area (Å²) in [6.07, 6.45) is -4.45. The molecule has 1 aromatic carbocycles. The molecule has 2 rings (SSSR count). The smallest absolute Gasteiger partial charge is 0.482 e. The van der Waals surface area contributed by atoms with Crippen LogP contribution < -0.4 is 15.9 Å². The van der Waals surface area contributed by atoms with Crippen LogP contribution in [-0.4, -0.2) is 31.1 Å². The first-order valence-electron chi connectivity index (χ1n) is 6.86. The van der Waals surface area contributed by atoms with Crippen LogP contribution in [0.3, 0.4) is 0 Å². The van der Waals surface area contributed by atoms with Crippen molar-refractivity contribution < 1.29 is 27.2 Å². The summed E-state index contributed by atoms with van der Waals surface area (Å²) in [5.74, 6) is -0.0571. The zero-order valence-corrected chi connectivity index (χ0v) is 13.0. The van der Waals surface area contributed by atoms with Crippen LogP contribution in [0, 0.1) is 0 Å². The van der Waals surface area contributed by atoms with Crippen LogP contribution in [0.1, 0.15) is 27.7 Å². The Hall–Kier alpha value is -1.41. The molecule has 0 amide bonds. The number of ether oxygens (including phenoxy) is 1. The largest absolute Gasteiger partial charge is 0.498 e. The average Bonchev–Trinajstić information content (AvgIpc) is 2.55. The van der Waals surface area contributed by atoms with Crippen LogP contribution in [0.5, 0.6) is 5.75 Å². The monoisotopic (exact) mass is 317 g/mol. The van der Waals surface area contributed by atoms with Crippen molar-refractivity contribution >= 4 is 18.3 Å². The molecule has 4 nitrogen and oxygen atoms in total. The van der Waals surface area contributed by atoms with Gasteiger partial charge in [-0.25, -0.2) is 0 Å². The number of hydrogen-bond acceptors (Lipinski definition) is 4. The minimum Gasteiger partial charge on any atom is -0.482 e. The lowest BCUT2D eigenvalue weighted by atomic mass is 9.78. The summed E-state index contributed by atoms with van der Waals surface area (Å²) >= 11 is 0. The third-order valence-electron chi connectivity index (χ3n) is 3.96. The molecular formula is C14H19BF3NO3. The van der Waals surface area contributed by atoms with E-state index in [0.29, 0.717) is 5.46 Å². The number of nitrogens with two attached hydrogens (primary N) is 1. The van der Waals surface area contributed by atoms with Crippen molar-refractivity contribution in [3.63, 3.8) is 0 Å². The number of nitrogen functional groups attached to an aromatic ring is 1. The first kappa shape index (κ1) is 17.0. The van der Waals surface area contributed by atoms with E-state index in [-0.39, 0.29) is 11.4 Å². The molecular weight excluding hydrogens is 298 g/mol. The predicted octanol–water partition coefficient (Wildman–Crippen LogP) is 2.51. The zero-order valence-electron chi connectivity index (χ0n) is 13.0. The van der Waals surface area contributed by atoms with E-state index in [9.17, 15) is 13.2 Å². The fourth-order valence-electron chi connectivity index (χ4n) is 2.05. The lowest BCUT2D eigenvalue weighted by Gasteiger charge is -2.32. The van der Waals surface area contributed by atoms with Gasteiger partial charge in [0.1, 0.15) is 5.75 Å². The van der Waals surface area contributed by atoms with E-state index in [0.717, 1.165) is 0 Å². The first-order valence-corrected chi connectivity index (χ1v) is 6.86. The number of benzene rings is 1. The maximum Gasteiger partial charge on any atom is 0.498 e. The Morgan fingerprint density at radius 1 is 1.14 bits per heavy atom. The van der Waals surface area contributed by atoms with Crippen LogP contribution >= 0.6 is 0 Å². The molecule has 1 saturated heterocycles. The molecule has 0 atom stereocenters. The standard InChI is InChI=1S/C14H19BF3NO3/c1-12(2)13(3,4)22-15(21-12)9-6-5-7-10(19)11(9)20-8-14(16,17)18/h5-7H,8,19H2,1-4H3. The Bertz CT molecular complexity index is 545. The maximum atomic E-state index is 12.4. The van der Waals surface area contributed by atoms with Gasteiger partial charge in [0.25, 0.3) is 0 Å². The minimum absolute atomic E-state index is 0.0571. The van der Waals surface area contributed by atoms with Crippen molar-refractivity contribution in [1.82, 2.24) is 0 Å². The minimum atomic E-state index is -4.45. The van der Waals surface area contributed by atoms with Crippen LogP contribution in [0.4, 0.5) is 18.9 Å². The van der Waals surface area contributed by atoms with Gasteiger partial charge >= 0.3 is 13.3 Å². The Kier molecular flexibility index (Phi) is 4.12. The van der Waals surface area contributed by atoms with Crippen molar-refractivity contribution in [3.8, 4) is 5.75 Å². The number of hydrogen-bond donors (Lipinski definition) is 1. The second-order valence-corrected chi connectivity index (χ2v) is 6.26. The molecule has 1 aromatic rings. The third kappa shape index (κ3) is 3.33. The number of halogens is 3. The summed E-state index contributed by atoms with van der Waals surface area (Å²) < 4.78 is 53.7. The topological polar surface area (TPSA) is 53.7 Å². The Morgan fingerprint density at radius 3 is 2.18 bits per heavy atom. The van der Waals surface area contributed by atoms with E-state index in [2.05, 4.69) is 0 Å². The zero-order chi connectivity index (χ0) is 16.8. The molecule has 8 heteroatoms. The highest BCUT2D eigenvalue weighted by Gasteiger charge is 2.52. The fourth-order valence-corrected chi connectivity index (χ4v) is 2.05. The fraction of sp³-hybridized carbons (Fsp3) is 0.571. The van der Waals surface area contributed by atoms with Gasteiger partial charge in [0.05, 0.1) is 16.9 Å². The molecule has 0 spiro atoms. The number of anilines is 1. The van der Waals surface area contributed by atoms with Gasteiger partial charge in [0.2, 0.25) is 0 Å². The Labute approximate surface area is 127 Å². The second kappa shape index (κ2) is 5.35. The molecule has 122 valence electrons. The van der Waals surface area contributed by atoms with E-state index >= 15 is 0 Å². The van der Waals surface area contributed by atoms with Crippen molar-refractivity contribution in [3.05, 3.63) is 18.2 Å². The van der Waals surface area contributed by atoms with Gasteiger partial charge in [-0.1, -0.05) is 12.1 Å². The molecule has 0 unspecified atom stereocenters. The molecule has 1 heterocycles. The summed E-state index contributed by atoms with van der Waals surface area (Å²) in [5.41, 5.74) is 4.99. The van der Waals surface area contributed by atoms with Gasteiger partial charge in [-0.2, -0.15) is 13.2 Å². The lowest BCUT2D eigenvalue weighted by molar-refractivity contribution is -0.153. The quantitative estimate of drug-likeness (QED) is 0.687. The van der Waals surface area contributed by atoms with Gasteiger partial charge in [0.15, 0.2) is 6.61 Å². The van der Waals surface area contributed by atoms with Gasteiger partial charge in [-0.05, 0) is 33.8 Å². The number of alkyl halides is 3. The molecule has 1 aliphatic rings. The van der Waals surface area contributed by atoms with Gasteiger partial charge in [0, 0.05) is 5.46 Å². The van der Waals surface area contributed by atoms with Gasteiger partial charge < -0.3 is 19.8 Å². The molecule has 22 heavy (non-hydrogen) atoms. The van der Waals surface area contributed by atoms with Crippen LogP contribution in [-0.2, 0) is 9.31 Å². The summed E-state index contributed by atoms with van der Waals surface area (Å²) in [6, 6.07) is 4.68. The van der Waals surface area contributed by atoms with Crippen molar-refractivity contribution in [2.75, 3.05) is 12.3 Å². The molecule has 0 bridgehead atoms. The highest BCUT2D eigenvalue weighted by Crippen LogP contribution is 2.37. The summed E-state index contributed by atoms with van der Waals surface area (Å²) in [6.45, 7) is 6.00. The SMILES string of the molecule is CC1(C)OB(c2cccc(N)c2OCC(F)(F)F)OC1(C)C. The van der Waals surface area contributed by atoms with Crippen LogP contribution in [0.25, 0.3) is 0 Å². The number of rotatable bonds is 3. The van der Waals surface area contributed by atoms with Crippen LogP contribution in [0.2, 0.25) is 0 Å². The van der Waals surface area contributed by atoms with E-state index in [1.807, 2.05) is 27.7 Å². The maximum absolute atomic E-state index is 12.4. The normalized spacial score (nSPS) is 20.2. The van der Waals surface area contributed by atoms with E-state index in [1.165, 1.54) is 6.07 Å². The Morgan fingerprint density at radius 2 is 1.68 bits per heavy atom. The van der Waals surface area contributed by atoms with E-state index in [4.69, 9.17) is 19.8 Å². The lowest BCUT2D eigenvalue weighted by Crippen LogP contribution is -2.41. The molecule has 1 aliphatic heterocycles. The highest BCUT2D eigenvalue weighted by molar-refractivity contribution is 6.63. The van der Waals surface area contributed by atoms with Gasteiger partial charge in [-0.3, -0.25) is 0 Å². The van der Waals surface area contributed by atoms with E-state index < -0.39 is 31.1 Å². The number of para-hydroxylation sites is 1. The molecule has 1 fully saturated rings. The summed E-state index contributed by atoms with van der Waals surface area (Å²) in [7, 11) is -0.836. The molecule has 0 aromatic heterocycles. The van der Waals surface area contributed by atoms with Crippen LogP contribution in [0.15, 0.2) is 18.2 Å². The molecule has 2 N–H and O–H groups in total. The first-order chi connectivity index (χ1) is 9.93. The summed E-state index contributed by atoms with van der Waals surface area (Å²) in [4.78, 5) is 0. The Balaban J connectivity index is 2.31. The molecule has 0 aliphatic carbocycles. The van der Waals surface area contributed by atoms with Crippen molar-refractivity contribution in [2.45, 2.75) is 45.1 Å². The van der Waals surface area contributed by atoms with Crippen molar-refractivity contribution in [2.24, 2.45) is 0 Å². The van der Waals surface area contributed by atoms with Gasteiger partial charge in [-0.15, -0.1) is 0 Å². The third-order valence-corrected chi connectivity index (χ3v) is 3.96. The summed E-state index contributed by atoms with van der Waals surface area (Å²) in [5, 5.41) is 0. The highest BCUT2D eigenvalue weighted by atomic mass is 19.4.